The molecule has 2 fully saturated rings. The first-order chi connectivity index (χ1) is 11.7. The van der Waals surface area contributed by atoms with E-state index in [-0.39, 0.29) is 11.8 Å². The molecule has 0 aromatic heterocycles. The van der Waals surface area contributed by atoms with Crippen molar-refractivity contribution in [2.75, 3.05) is 11.4 Å². The fraction of sp³-hybridized carbons (Fsp3) is 0.500. The smallest absolute Gasteiger partial charge is 0.244 e. The zero-order chi connectivity index (χ0) is 16.8. The van der Waals surface area contributed by atoms with Gasteiger partial charge in [-0.1, -0.05) is 37.8 Å². The van der Waals surface area contributed by atoms with Gasteiger partial charge in [0.2, 0.25) is 11.8 Å². The Bertz CT molecular complexity index is 599. The number of carbonyl (C=O) groups excluding carboxylic acids is 2. The molecule has 1 saturated heterocycles. The minimum Gasteiger partial charge on any atom is -0.350 e. The second-order valence-electron chi connectivity index (χ2n) is 6.77. The Hall–Kier alpha value is -2.10. The number of anilines is 1. The lowest BCUT2D eigenvalue weighted by Gasteiger charge is -2.15. The van der Waals surface area contributed by atoms with E-state index >= 15 is 0 Å². The van der Waals surface area contributed by atoms with E-state index in [0.717, 1.165) is 37.1 Å². The molecule has 0 unspecified atom stereocenters. The fourth-order valence-corrected chi connectivity index (χ4v) is 3.53. The summed E-state index contributed by atoms with van der Waals surface area (Å²) in [5, 5.41) is 3.11. The minimum atomic E-state index is -0.0132. The average Bonchev–Trinajstić information content (AvgIpc) is 2.86. The van der Waals surface area contributed by atoms with Crippen LogP contribution in [0.5, 0.6) is 0 Å². The number of amides is 2. The molecule has 1 saturated carbocycles. The van der Waals surface area contributed by atoms with Crippen molar-refractivity contribution in [2.45, 2.75) is 57.4 Å². The third-order valence-corrected chi connectivity index (χ3v) is 4.91. The van der Waals surface area contributed by atoms with Gasteiger partial charge in [0.15, 0.2) is 0 Å². The van der Waals surface area contributed by atoms with E-state index in [2.05, 4.69) is 5.32 Å². The zero-order valence-corrected chi connectivity index (χ0v) is 14.2. The predicted octanol–water partition coefficient (Wildman–Crippen LogP) is 3.67. The highest BCUT2D eigenvalue weighted by Gasteiger charge is 2.21. The van der Waals surface area contributed by atoms with Crippen LogP contribution in [0.4, 0.5) is 5.69 Å². The van der Waals surface area contributed by atoms with Crippen molar-refractivity contribution in [3.8, 4) is 0 Å². The second kappa shape index (κ2) is 8.13. The van der Waals surface area contributed by atoms with Gasteiger partial charge in [0, 0.05) is 30.8 Å². The average molecular weight is 326 g/mol. The van der Waals surface area contributed by atoms with Gasteiger partial charge in [-0.2, -0.15) is 0 Å². The molecule has 0 spiro atoms. The first-order valence-electron chi connectivity index (χ1n) is 9.11. The summed E-state index contributed by atoms with van der Waals surface area (Å²) in [4.78, 5) is 25.6. The van der Waals surface area contributed by atoms with E-state index < -0.39 is 0 Å². The molecular weight excluding hydrogens is 300 g/mol. The van der Waals surface area contributed by atoms with Gasteiger partial charge in [-0.15, -0.1) is 0 Å². The molecule has 1 aliphatic carbocycles. The maximum Gasteiger partial charge on any atom is 0.244 e. The normalized spacial score (nSPS) is 19.7. The number of hydrogen-bond donors (Lipinski definition) is 1. The van der Waals surface area contributed by atoms with Crippen LogP contribution in [0.2, 0.25) is 0 Å². The molecule has 1 aromatic rings. The lowest BCUT2D eigenvalue weighted by atomic mass is 10.1. The summed E-state index contributed by atoms with van der Waals surface area (Å²) >= 11 is 0. The highest BCUT2D eigenvalue weighted by molar-refractivity contribution is 5.95. The lowest BCUT2D eigenvalue weighted by molar-refractivity contribution is -0.117. The minimum absolute atomic E-state index is 0.0132. The summed E-state index contributed by atoms with van der Waals surface area (Å²) in [6.45, 7) is 0.803. The topological polar surface area (TPSA) is 49.4 Å². The summed E-state index contributed by atoms with van der Waals surface area (Å²) in [6, 6.07) is 8.14. The molecule has 1 aromatic carbocycles. The van der Waals surface area contributed by atoms with Crippen molar-refractivity contribution in [3.05, 3.63) is 35.9 Å². The fourth-order valence-electron chi connectivity index (χ4n) is 3.53. The molecular formula is C20H26N2O2. The van der Waals surface area contributed by atoms with Crippen molar-refractivity contribution in [1.29, 1.82) is 0 Å². The van der Waals surface area contributed by atoms with Gasteiger partial charge in [-0.3, -0.25) is 9.59 Å². The number of hydrogen-bond acceptors (Lipinski definition) is 2. The number of carbonyl (C=O) groups is 2. The van der Waals surface area contributed by atoms with Crippen LogP contribution < -0.4 is 10.2 Å². The van der Waals surface area contributed by atoms with E-state index in [1.54, 1.807) is 6.08 Å². The lowest BCUT2D eigenvalue weighted by Crippen LogP contribution is -2.33. The first kappa shape index (κ1) is 16.7. The van der Waals surface area contributed by atoms with Crippen LogP contribution in [-0.4, -0.2) is 24.4 Å². The third-order valence-electron chi connectivity index (χ3n) is 4.91. The number of nitrogens with zero attached hydrogens (tertiary/aromatic N) is 1. The largest absolute Gasteiger partial charge is 0.350 e. The van der Waals surface area contributed by atoms with E-state index in [9.17, 15) is 9.59 Å². The maximum absolute atomic E-state index is 12.1. The summed E-state index contributed by atoms with van der Waals surface area (Å²) in [6.07, 6.45) is 12.2. The van der Waals surface area contributed by atoms with Crippen LogP contribution in [0, 0.1) is 0 Å². The van der Waals surface area contributed by atoms with E-state index in [1.807, 2.05) is 35.2 Å². The molecule has 4 heteroatoms. The SMILES string of the molecule is O=C(/C=C/c1ccc(N2CCCC2=O)cc1)NC1CCCCCC1. The van der Waals surface area contributed by atoms with Crippen LogP contribution >= 0.6 is 0 Å². The van der Waals surface area contributed by atoms with Gasteiger partial charge in [-0.25, -0.2) is 0 Å². The van der Waals surface area contributed by atoms with Gasteiger partial charge in [0.25, 0.3) is 0 Å². The van der Waals surface area contributed by atoms with Crippen LogP contribution in [0.25, 0.3) is 6.08 Å². The van der Waals surface area contributed by atoms with Crippen LogP contribution in [0.15, 0.2) is 30.3 Å². The number of benzene rings is 1. The Balaban J connectivity index is 1.53. The van der Waals surface area contributed by atoms with Gasteiger partial charge in [0.1, 0.15) is 0 Å². The van der Waals surface area contributed by atoms with Crippen molar-refractivity contribution in [3.63, 3.8) is 0 Å². The molecule has 2 aliphatic rings. The molecule has 0 radical (unpaired) electrons. The molecule has 1 N–H and O–H groups in total. The molecule has 0 atom stereocenters. The third kappa shape index (κ3) is 4.47. The first-order valence-corrected chi connectivity index (χ1v) is 9.11. The number of nitrogens with one attached hydrogen (secondary N) is 1. The summed E-state index contributed by atoms with van der Waals surface area (Å²) in [5.74, 6) is 0.182. The molecule has 0 bridgehead atoms. The summed E-state index contributed by atoms with van der Waals surface area (Å²) in [5.41, 5.74) is 1.92. The Labute approximate surface area is 143 Å². The Morgan fingerprint density at radius 1 is 1.04 bits per heavy atom. The van der Waals surface area contributed by atoms with Crippen molar-refractivity contribution in [1.82, 2.24) is 5.32 Å². The molecule has 128 valence electrons. The molecule has 3 rings (SSSR count). The number of rotatable bonds is 4. The predicted molar refractivity (Wildman–Crippen MR) is 96.7 cm³/mol. The van der Waals surface area contributed by atoms with Crippen molar-refractivity contribution in [2.24, 2.45) is 0 Å². The van der Waals surface area contributed by atoms with Crippen molar-refractivity contribution >= 4 is 23.6 Å². The molecule has 24 heavy (non-hydrogen) atoms. The van der Waals surface area contributed by atoms with Gasteiger partial charge < -0.3 is 10.2 Å². The molecule has 4 nitrogen and oxygen atoms in total. The van der Waals surface area contributed by atoms with E-state index in [1.165, 1.54) is 25.7 Å². The zero-order valence-electron chi connectivity index (χ0n) is 14.2. The second-order valence-corrected chi connectivity index (χ2v) is 6.77. The Morgan fingerprint density at radius 2 is 1.75 bits per heavy atom. The maximum atomic E-state index is 12.1. The quantitative estimate of drug-likeness (QED) is 0.678. The monoisotopic (exact) mass is 326 g/mol. The van der Waals surface area contributed by atoms with E-state index in [4.69, 9.17) is 0 Å². The molecule has 1 heterocycles. The van der Waals surface area contributed by atoms with Gasteiger partial charge >= 0.3 is 0 Å². The molecule has 1 aliphatic heterocycles. The van der Waals surface area contributed by atoms with Crippen LogP contribution in [0.3, 0.4) is 0 Å². The summed E-state index contributed by atoms with van der Waals surface area (Å²) < 4.78 is 0. The van der Waals surface area contributed by atoms with Crippen LogP contribution in [0.1, 0.15) is 56.9 Å². The summed E-state index contributed by atoms with van der Waals surface area (Å²) in [7, 11) is 0. The van der Waals surface area contributed by atoms with E-state index in [0.29, 0.717) is 12.5 Å². The van der Waals surface area contributed by atoms with Gasteiger partial charge in [0.05, 0.1) is 0 Å². The highest BCUT2D eigenvalue weighted by Crippen LogP contribution is 2.22. The standard InChI is InChI=1S/C20H26N2O2/c23-19(21-17-6-3-1-2-4-7-17)14-11-16-9-12-18(13-10-16)22-15-5-8-20(22)24/h9-14,17H,1-8,15H2,(H,21,23)/b14-11+. The van der Waals surface area contributed by atoms with Gasteiger partial charge in [-0.05, 0) is 43.0 Å². The van der Waals surface area contributed by atoms with Crippen molar-refractivity contribution < 1.29 is 9.59 Å². The van der Waals surface area contributed by atoms with Crippen LogP contribution in [-0.2, 0) is 9.59 Å². The molecule has 2 amide bonds. The Kier molecular flexibility index (Phi) is 5.68. The Morgan fingerprint density at radius 3 is 2.38 bits per heavy atom. The highest BCUT2D eigenvalue weighted by atomic mass is 16.2.